The summed E-state index contributed by atoms with van der Waals surface area (Å²) in [6.45, 7) is -1.13. The Kier molecular flexibility index (Phi) is 3.82. The summed E-state index contributed by atoms with van der Waals surface area (Å²) in [5, 5.41) is 3.90. The molecular weight excluding hydrogens is 277 g/mol. The third-order valence-electron chi connectivity index (χ3n) is 2.57. The van der Waals surface area contributed by atoms with Crippen LogP contribution < -0.4 is 15.4 Å². The number of alkyl halides is 3. The van der Waals surface area contributed by atoms with Gasteiger partial charge in [0.1, 0.15) is 12.3 Å². The molecule has 0 unspecified atom stereocenters. The average Bonchev–Trinajstić information content (AvgIpc) is 2.37. The molecule has 0 saturated carbocycles. The van der Waals surface area contributed by atoms with Gasteiger partial charge in [-0.25, -0.2) is 4.79 Å². The monoisotopic (exact) mass is 288 g/mol. The molecule has 0 spiro atoms. The number of Topliss-reactive ketones (excluding diaryl/α,β-unsaturated/α-hetero) is 1. The number of fused-ring (bicyclic) bond motifs is 1. The Balaban J connectivity index is 2.02. The number of hydrogen-bond acceptors (Lipinski definition) is 3. The minimum atomic E-state index is -4.48. The number of urea groups is 1. The standard InChI is InChI=1S/C12H11F3N2O3/c13-12(14,15)6-16-11(19)17-7-1-2-10-8(5-7)9(18)3-4-20-10/h1-2,5H,3-4,6H2,(H2,16,17,19). The highest BCUT2D eigenvalue weighted by Crippen LogP contribution is 2.27. The number of anilines is 1. The van der Waals surface area contributed by atoms with Crippen LogP contribution in [0.4, 0.5) is 23.7 Å². The topological polar surface area (TPSA) is 67.4 Å². The van der Waals surface area contributed by atoms with Gasteiger partial charge in [-0.1, -0.05) is 0 Å². The SMILES string of the molecule is O=C(NCC(F)(F)F)Nc1ccc2c(c1)C(=O)CCO2. The molecule has 1 aliphatic heterocycles. The van der Waals surface area contributed by atoms with E-state index in [1.807, 2.05) is 0 Å². The van der Waals surface area contributed by atoms with Crippen LogP contribution in [-0.2, 0) is 0 Å². The third-order valence-corrected chi connectivity index (χ3v) is 2.57. The fourth-order valence-electron chi connectivity index (χ4n) is 1.70. The Morgan fingerprint density at radius 2 is 2.10 bits per heavy atom. The maximum Gasteiger partial charge on any atom is 0.405 e. The van der Waals surface area contributed by atoms with Gasteiger partial charge in [-0.05, 0) is 18.2 Å². The minimum Gasteiger partial charge on any atom is -0.492 e. The van der Waals surface area contributed by atoms with Gasteiger partial charge in [0.2, 0.25) is 0 Å². The quantitative estimate of drug-likeness (QED) is 0.877. The minimum absolute atomic E-state index is 0.134. The predicted molar refractivity (Wildman–Crippen MR) is 64.0 cm³/mol. The zero-order chi connectivity index (χ0) is 14.8. The molecular formula is C12H11F3N2O3. The summed E-state index contributed by atoms with van der Waals surface area (Å²) in [6.07, 6.45) is -4.24. The molecule has 108 valence electrons. The van der Waals surface area contributed by atoms with Crippen molar-refractivity contribution in [2.24, 2.45) is 0 Å². The largest absolute Gasteiger partial charge is 0.492 e. The Morgan fingerprint density at radius 1 is 1.35 bits per heavy atom. The van der Waals surface area contributed by atoms with Gasteiger partial charge in [0, 0.05) is 12.1 Å². The molecule has 2 rings (SSSR count). The zero-order valence-corrected chi connectivity index (χ0v) is 10.2. The van der Waals surface area contributed by atoms with E-state index in [1.165, 1.54) is 18.2 Å². The summed E-state index contributed by atoms with van der Waals surface area (Å²) in [6, 6.07) is 3.33. The van der Waals surface area contributed by atoms with Gasteiger partial charge >= 0.3 is 12.2 Å². The lowest BCUT2D eigenvalue weighted by atomic mass is 10.0. The molecule has 0 fully saturated rings. The van der Waals surface area contributed by atoms with Gasteiger partial charge in [-0.2, -0.15) is 13.2 Å². The molecule has 1 aromatic carbocycles. The van der Waals surface area contributed by atoms with Crippen molar-refractivity contribution in [2.75, 3.05) is 18.5 Å². The molecule has 0 bridgehead atoms. The van der Waals surface area contributed by atoms with Crippen LogP contribution in [0.25, 0.3) is 0 Å². The van der Waals surface area contributed by atoms with E-state index in [9.17, 15) is 22.8 Å². The molecule has 0 aromatic heterocycles. The molecule has 1 heterocycles. The fourth-order valence-corrected chi connectivity index (χ4v) is 1.70. The number of amides is 2. The van der Waals surface area contributed by atoms with Crippen LogP contribution in [-0.4, -0.2) is 31.1 Å². The zero-order valence-electron chi connectivity index (χ0n) is 10.2. The van der Waals surface area contributed by atoms with Crippen molar-refractivity contribution in [2.45, 2.75) is 12.6 Å². The molecule has 2 N–H and O–H groups in total. The number of benzene rings is 1. The number of hydrogen-bond donors (Lipinski definition) is 2. The number of carbonyl (C=O) groups excluding carboxylic acids is 2. The van der Waals surface area contributed by atoms with E-state index in [1.54, 1.807) is 5.32 Å². The van der Waals surface area contributed by atoms with Gasteiger partial charge in [-0.15, -0.1) is 0 Å². The van der Waals surface area contributed by atoms with Gasteiger partial charge < -0.3 is 15.4 Å². The molecule has 0 atom stereocenters. The second kappa shape index (κ2) is 5.40. The van der Waals surface area contributed by atoms with Gasteiger partial charge in [0.15, 0.2) is 5.78 Å². The average molecular weight is 288 g/mol. The van der Waals surface area contributed by atoms with Crippen LogP contribution in [0, 0.1) is 0 Å². The van der Waals surface area contributed by atoms with E-state index >= 15 is 0 Å². The Labute approximate surface area is 112 Å². The molecule has 0 saturated heterocycles. The van der Waals surface area contributed by atoms with E-state index < -0.39 is 18.8 Å². The Morgan fingerprint density at radius 3 is 2.80 bits per heavy atom. The summed E-state index contributed by atoms with van der Waals surface area (Å²) in [7, 11) is 0. The Hall–Kier alpha value is -2.25. The molecule has 20 heavy (non-hydrogen) atoms. The first-order valence-electron chi connectivity index (χ1n) is 5.77. The van der Waals surface area contributed by atoms with Crippen LogP contribution in [0.2, 0.25) is 0 Å². The molecule has 1 aliphatic rings. The van der Waals surface area contributed by atoms with Crippen molar-refractivity contribution < 1.29 is 27.5 Å². The summed E-state index contributed by atoms with van der Waals surface area (Å²) in [4.78, 5) is 22.9. The highest BCUT2D eigenvalue weighted by atomic mass is 19.4. The smallest absolute Gasteiger partial charge is 0.405 e. The van der Waals surface area contributed by atoms with Crippen LogP contribution in [0.3, 0.4) is 0 Å². The Bertz CT molecular complexity index is 543. The van der Waals surface area contributed by atoms with Crippen molar-refractivity contribution in [1.82, 2.24) is 5.32 Å². The second-order valence-corrected chi connectivity index (χ2v) is 4.16. The molecule has 0 aliphatic carbocycles. The van der Waals surface area contributed by atoms with Gasteiger partial charge in [-0.3, -0.25) is 4.79 Å². The summed E-state index contributed by atoms with van der Waals surface area (Å²) in [5.74, 6) is 0.271. The van der Waals surface area contributed by atoms with Crippen LogP contribution in [0.5, 0.6) is 5.75 Å². The van der Waals surface area contributed by atoms with Crippen LogP contribution in [0.15, 0.2) is 18.2 Å². The van der Waals surface area contributed by atoms with E-state index in [2.05, 4.69) is 5.32 Å². The lowest BCUT2D eigenvalue weighted by Crippen LogP contribution is -2.36. The molecule has 8 heteroatoms. The first kappa shape index (κ1) is 14.2. The van der Waals surface area contributed by atoms with E-state index in [4.69, 9.17) is 4.74 Å². The molecule has 1 aromatic rings. The maximum absolute atomic E-state index is 11.9. The highest BCUT2D eigenvalue weighted by Gasteiger charge is 2.27. The van der Waals surface area contributed by atoms with Crippen molar-refractivity contribution >= 4 is 17.5 Å². The van der Waals surface area contributed by atoms with Crippen LogP contribution in [0.1, 0.15) is 16.8 Å². The van der Waals surface area contributed by atoms with Crippen LogP contribution >= 0.6 is 0 Å². The molecule has 0 radical (unpaired) electrons. The fraction of sp³-hybridized carbons (Fsp3) is 0.333. The number of rotatable bonds is 2. The van der Waals surface area contributed by atoms with Crippen molar-refractivity contribution in [3.05, 3.63) is 23.8 Å². The van der Waals surface area contributed by atoms with E-state index in [0.717, 1.165) is 0 Å². The summed E-state index contributed by atoms with van der Waals surface area (Å²) < 4.78 is 41.0. The molecule has 2 amide bonds. The van der Waals surface area contributed by atoms with Crippen molar-refractivity contribution in [3.8, 4) is 5.75 Å². The normalized spacial score (nSPS) is 14.2. The predicted octanol–water partition coefficient (Wildman–Crippen LogP) is 2.34. The van der Waals surface area contributed by atoms with Gasteiger partial charge in [0.25, 0.3) is 0 Å². The number of nitrogens with one attached hydrogen (secondary N) is 2. The van der Waals surface area contributed by atoms with Crippen molar-refractivity contribution in [1.29, 1.82) is 0 Å². The number of halogens is 3. The van der Waals surface area contributed by atoms with E-state index in [0.29, 0.717) is 17.9 Å². The number of ether oxygens (including phenoxy) is 1. The summed E-state index contributed by atoms with van der Waals surface area (Å²) in [5.41, 5.74) is 0.534. The summed E-state index contributed by atoms with van der Waals surface area (Å²) >= 11 is 0. The number of ketones is 1. The van der Waals surface area contributed by atoms with Crippen molar-refractivity contribution in [3.63, 3.8) is 0 Å². The first-order valence-corrected chi connectivity index (χ1v) is 5.77. The lowest BCUT2D eigenvalue weighted by molar-refractivity contribution is -0.122. The lowest BCUT2D eigenvalue weighted by Gasteiger charge is -2.17. The first-order chi connectivity index (χ1) is 9.35. The number of carbonyl (C=O) groups is 2. The third kappa shape index (κ3) is 3.62. The molecule has 5 nitrogen and oxygen atoms in total. The van der Waals surface area contributed by atoms with E-state index in [-0.39, 0.29) is 17.9 Å². The highest BCUT2D eigenvalue weighted by molar-refractivity contribution is 6.01. The van der Waals surface area contributed by atoms with Gasteiger partial charge in [0.05, 0.1) is 12.2 Å². The maximum atomic E-state index is 11.9. The second-order valence-electron chi connectivity index (χ2n) is 4.16.